The number of anilines is 2. The Morgan fingerprint density at radius 2 is 1.96 bits per heavy atom. The van der Waals surface area contributed by atoms with Gasteiger partial charge in [-0.2, -0.15) is 13.2 Å². The van der Waals surface area contributed by atoms with Crippen molar-refractivity contribution in [2.24, 2.45) is 0 Å². The summed E-state index contributed by atoms with van der Waals surface area (Å²) in [4.78, 5) is 14.0. The maximum absolute atomic E-state index is 13.0. The summed E-state index contributed by atoms with van der Waals surface area (Å²) < 4.78 is 44.2. The van der Waals surface area contributed by atoms with E-state index in [0.29, 0.717) is 38.4 Å². The van der Waals surface area contributed by atoms with Crippen molar-refractivity contribution in [1.29, 1.82) is 0 Å². The zero-order chi connectivity index (χ0) is 17.6. The lowest BCUT2D eigenvalue weighted by molar-refractivity contribution is -0.137. The van der Waals surface area contributed by atoms with Crippen molar-refractivity contribution in [2.45, 2.75) is 38.8 Å². The average molecular weight is 344 g/mol. The molecule has 1 fully saturated rings. The van der Waals surface area contributed by atoms with Gasteiger partial charge in [-0.05, 0) is 24.6 Å². The molecule has 0 bridgehead atoms. The molecule has 0 aromatic heterocycles. The van der Waals surface area contributed by atoms with Gasteiger partial charge in [-0.25, -0.2) is 0 Å². The number of carbonyl (C=O) groups is 1. The summed E-state index contributed by atoms with van der Waals surface area (Å²) in [5.41, 5.74) is 0.0618. The van der Waals surface area contributed by atoms with Crippen LogP contribution in [0.3, 0.4) is 0 Å². The van der Waals surface area contributed by atoms with Crippen molar-refractivity contribution in [1.82, 2.24) is 0 Å². The van der Waals surface area contributed by atoms with Gasteiger partial charge in [-0.15, -0.1) is 0 Å². The monoisotopic (exact) mass is 344 g/mol. The van der Waals surface area contributed by atoms with Crippen LogP contribution < -0.4 is 10.2 Å². The molecule has 1 saturated heterocycles. The second kappa shape index (κ2) is 8.37. The number of morpholine rings is 1. The molecular weight excluding hydrogens is 321 g/mol. The van der Waals surface area contributed by atoms with Gasteiger partial charge in [0.05, 0.1) is 30.2 Å². The van der Waals surface area contributed by atoms with Gasteiger partial charge in [0.15, 0.2) is 0 Å². The van der Waals surface area contributed by atoms with E-state index in [-0.39, 0.29) is 11.6 Å². The highest BCUT2D eigenvalue weighted by Gasteiger charge is 2.31. The highest BCUT2D eigenvalue weighted by molar-refractivity contribution is 5.94. The lowest BCUT2D eigenvalue weighted by Crippen LogP contribution is -2.36. The molecule has 24 heavy (non-hydrogen) atoms. The molecule has 2 rings (SSSR count). The van der Waals surface area contributed by atoms with Crippen LogP contribution in [0.2, 0.25) is 0 Å². The van der Waals surface area contributed by atoms with Crippen molar-refractivity contribution < 1.29 is 22.7 Å². The number of hydrogen-bond acceptors (Lipinski definition) is 3. The highest BCUT2D eigenvalue weighted by Crippen LogP contribution is 2.35. The molecule has 1 heterocycles. The van der Waals surface area contributed by atoms with Crippen molar-refractivity contribution in [3.8, 4) is 0 Å². The summed E-state index contributed by atoms with van der Waals surface area (Å²) in [5, 5.41) is 2.66. The maximum Gasteiger partial charge on any atom is 0.416 e. The lowest BCUT2D eigenvalue weighted by atomic mass is 10.1. The molecule has 1 N–H and O–H groups in total. The average Bonchev–Trinajstić information content (AvgIpc) is 2.55. The Labute approximate surface area is 140 Å². The van der Waals surface area contributed by atoms with Gasteiger partial charge in [-0.3, -0.25) is 4.79 Å². The number of nitrogens with zero attached hydrogens (tertiary/aromatic N) is 1. The molecule has 4 nitrogen and oxygen atoms in total. The van der Waals surface area contributed by atoms with Gasteiger partial charge in [0.1, 0.15) is 0 Å². The largest absolute Gasteiger partial charge is 0.416 e. The normalized spacial score (nSPS) is 15.4. The molecule has 1 aliphatic rings. The zero-order valence-corrected chi connectivity index (χ0v) is 13.8. The van der Waals surface area contributed by atoms with Crippen molar-refractivity contribution in [2.75, 3.05) is 36.5 Å². The Balaban J connectivity index is 2.21. The SMILES string of the molecule is CCCCCC(=O)Nc1cc(C(F)(F)F)ccc1N1CCOCC1. The quantitative estimate of drug-likeness (QED) is 0.791. The Bertz CT molecular complexity index is 555. The highest BCUT2D eigenvalue weighted by atomic mass is 19.4. The molecule has 1 aliphatic heterocycles. The van der Waals surface area contributed by atoms with E-state index in [9.17, 15) is 18.0 Å². The third kappa shape index (κ3) is 5.12. The fourth-order valence-electron chi connectivity index (χ4n) is 2.64. The Hall–Kier alpha value is -1.76. The third-order valence-corrected chi connectivity index (χ3v) is 3.96. The summed E-state index contributed by atoms with van der Waals surface area (Å²) in [6, 6.07) is 3.50. The van der Waals surface area contributed by atoms with Crippen LogP contribution >= 0.6 is 0 Å². The fraction of sp³-hybridized carbons (Fsp3) is 0.588. The molecule has 7 heteroatoms. The topological polar surface area (TPSA) is 41.6 Å². The third-order valence-electron chi connectivity index (χ3n) is 3.96. The number of rotatable bonds is 6. The maximum atomic E-state index is 13.0. The van der Waals surface area contributed by atoms with Crippen molar-refractivity contribution in [3.05, 3.63) is 23.8 Å². The number of amides is 1. The molecular formula is C17H23F3N2O2. The first-order chi connectivity index (χ1) is 11.4. The first kappa shape index (κ1) is 18.6. The predicted molar refractivity (Wildman–Crippen MR) is 87.2 cm³/mol. The van der Waals surface area contributed by atoms with E-state index >= 15 is 0 Å². The van der Waals surface area contributed by atoms with Crippen molar-refractivity contribution in [3.63, 3.8) is 0 Å². The molecule has 0 spiro atoms. The van der Waals surface area contributed by atoms with Gasteiger partial charge in [0.2, 0.25) is 5.91 Å². The van der Waals surface area contributed by atoms with Gasteiger partial charge < -0.3 is 15.0 Å². The number of nitrogens with one attached hydrogen (secondary N) is 1. The molecule has 134 valence electrons. The standard InChI is InChI=1S/C17H23F3N2O2/c1-2-3-4-5-16(23)21-14-12-13(17(18,19)20)6-7-15(14)22-8-10-24-11-9-22/h6-7,12H,2-5,8-11H2,1H3,(H,21,23). The Morgan fingerprint density at radius 3 is 2.58 bits per heavy atom. The second-order valence-electron chi connectivity index (χ2n) is 5.83. The molecule has 0 atom stereocenters. The molecule has 0 aliphatic carbocycles. The minimum absolute atomic E-state index is 0.216. The lowest BCUT2D eigenvalue weighted by Gasteiger charge is -2.31. The van der Waals surface area contributed by atoms with E-state index in [4.69, 9.17) is 4.74 Å². The van der Waals surface area contributed by atoms with Crippen molar-refractivity contribution >= 4 is 17.3 Å². The fourth-order valence-corrected chi connectivity index (χ4v) is 2.64. The minimum Gasteiger partial charge on any atom is -0.378 e. The first-order valence-electron chi connectivity index (χ1n) is 8.25. The molecule has 1 aromatic rings. The number of ether oxygens (including phenoxy) is 1. The predicted octanol–water partition coefficient (Wildman–Crippen LogP) is 4.06. The van der Waals surface area contributed by atoms with E-state index < -0.39 is 11.7 Å². The number of halogens is 3. The molecule has 0 saturated carbocycles. The summed E-state index contributed by atoms with van der Waals surface area (Å²) in [7, 11) is 0. The van der Waals surface area contributed by atoms with Crippen LogP contribution in [0.1, 0.15) is 38.2 Å². The van der Waals surface area contributed by atoms with E-state index in [0.717, 1.165) is 31.4 Å². The van der Waals surface area contributed by atoms with Crippen LogP contribution in [0, 0.1) is 0 Å². The van der Waals surface area contributed by atoms with E-state index in [1.807, 2.05) is 11.8 Å². The van der Waals surface area contributed by atoms with Crippen LogP contribution in [0.4, 0.5) is 24.5 Å². The van der Waals surface area contributed by atoms with Crippen LogP contribution in [-0.2, 0) is 15.7 Å². The van der Waals surface area contributed by atoms with Crippen LogP contribution in [0.15, 0.2) is 18.2 Å². The Morgan fingerprint density at radius 1 is 1.25 bits per heavy atom. The molecule has 0 radical (unpaired) electrons. The molecule has 0 unspecified atom stereocenters. The van der Waals surface area contributed by atoms with Gasteiger partial charge >= 0.3 is 6.18 Å². The summed E-state index contributed by atoms with van der Waals surface area (Å²) >= 11 is 0. The smallest absolute Gasteiger partial charge is 0.378 e. The number of hydrogen-bond donors (Lipinski definition) is 1. The van der Waals surface area contributed by atoms with E-state index in [1.165, 1.54) is 6.07 Å². The van der Waals surface area contributed by atoms with Crippen LogP contribution in [0.25, 0.3) is 0 Å². The number of carbonyl (C=O) groups excluding carboxylic acids is 1. The summed E-state index contributed by atoms with van der Waals surface area (Å²) in [6.45, 7) is 4.24. The van der Waals surface area contributed by atoms with E-state index in [1.54, 1.807) is 0 Å². The number of alkyl halides is 3. The first-order valence-corrected chi connectivity index (χ1v) is 8.25. The van der Waals surface area contributed by atoms with Crippen LogP contribution in [0.5, 0.6) is 0 Å². The number of unbranched alkanes of at least 4 members (excludes halogenated alkanes) is 2. The minimum atomic E-state index is -4.44. The van der Waals surface area contributed by atoms with Gasteiger partial charge in [0.25, 0.3) is 0 Å². The summed E-state index contributed by atoms with van der Waals surface area (Å²) in [6.07, 6.45) is -1.49. The van der Waals surface area contributed by atoms with Gasteiger partial charge in [-0.1, -0.05) is 19.8 Å². The molecule has 1 aromatic carbocycles. The Kier molecular flexibility index (Phi) is 6.48. The second-order valence-corrected chi connectivity index (χ2v) is 5.83. The zero-order valence-electron chi connectivity index (χ0n) is 13.8. The molecule has 1 amide bonds. The number of benzene rings is 1. The van der Waals surface area contributed by atoms with Gasteiger partial charge in [0, 0.05) is 19.5 Å². The van der Waals surface area contributed by atoms with E-state index in [2.05, 4.69) is 5.32 Å². The summed E-state index contributed by atoms with van der Waals surface area (Å²) in [5.74, 6) is -0.253. The van der Waals surface area contributed by atoms with Crippen LogP contribution in [-0.4, -0.2) is 32.2 Å².